The number of rotatable bonds is 12. The van der Waals surface area contributed by atoms with Crippen LogP contribution < -0.4 is 21.7 Å². The molecule has 3 aromatic rings. The number of aromatic hydroxyl groups is 1. The molecular formula is C26H31N5O7. The fourth-order valence-electron chi connectivity index (χ4n) is 3.82. The number of carbonyl (C=O) groups is 4. The average Bonchev–Trinajstić information content (AvgIpc) is 3.31. The van der Waals surface area contributed by atoms with Crippen LogP contribution in [0.2, 0.25) is 0 Å². The number of carbonyl (C=O) groups excluding carboxylic acids is 3. The van der Waals surface area contributed by atoms with Gasteiger partial charge < -0.3 is 42.0 Å². The molecule has 9 N–H and O–H groups in total. The number of phenolic OH excluding ortho intramolecular Hbond substituents is 1. The summed E-state index contributed by atoms with van der Waals surface area (Å²) in [6.45, 7) is 0.655. The standard InChI is InChI=1S/C26H31N5O7/c1-14(26(37)38)29-24(35)21(10-15-6-8-17(33)9-7-15)31-25(36)22(30-23(34)19(27)13-32)11-16-12-28-20-5-3-2-4-18(16)20/h2-9,12,14,19,21-22,28,32-33H,10-11,13,27H2,1H3,(H,29,35)(H,30,34)(H,31,36)(H,37,38). The summed E-state index contributed by atoms with van der Waals surface area (Å²) < 4.78 is 0. The van der Waals surface area contributed by atoms with Crippen molar-refractivity contribution in [1.29, 1.82) is 0 Å². The van der Waals surface area contributed by atoms with E-state index in [4.69, 9.17) is 5.73 Å². The Morgan fingerprint density at radius 2 is 1.50 bits per heavy atom. The summed E-state index contributed by atoms with van der Waals surface area (Å²) in [4.78, 5) is 53.3. The molecule has 202 valence electrons. The summed E-state index contributed by atoms with van der Waals surface area (Å²) in [7, 11) is 0. The molecule has 0 aliphatic carbocycles. The van der Waals surface area contributed by atoms with Gasteiger partial charge in [-0.3, -0.25) is 19.2 Å². The zero-order valence-electron chi connectivity index (χ0n) is 20.7. The molecule has 4 atom stereocenters. The van der Waals surface area contributed by atoms with E-state index in [1.807, 2.05) is 24.3 Å². The number of carboxylic acids is 1. The maximum absolute atomic E-state index is 13.5. The van der Waals surface area contributed by atoms with E-state index in [1.165, 1.54) is 19.1 Å². The SMILES string of the molecule is CC(NC(=O)C(Cc1ccc(O)cc1)NC(=O)C(Cc1c[nH]c2ccccc12)NC(=O)C(N)CO)C(=O)O. The van der Waals surface area contributed by atoms with Crippen LogP contribution in [0.4, 0.5) is 0 Å². The summed E-state index contributed by atoms with van der Waals surface area (Å²) in [5, 5.41) is 36.4. The number of hydrogen-bond donors (Lipinski definition) is 8. The number of fused-ring (bicyclic) bond motifs is 1. The summed E-state index contributed by atoms with van der Waals surface area (Å²) in [5.74, 6) is -3.46. The van der Waals surface area contributed by atoms with Crippen LogP contribution in [0, 0.1) is 0 Å². The van der Waals surface area contributed by atoms with E-state index in [0.29, 0.717) is 5.56 Å². The van der Waals surface area contributed by atoms with Crippen molar-refractivity contribution in [2.45, 2.75) is 43.9 Å². The third-order valence-corrected chi connectivity index (χ3v) is 6.00. The molecule has 4 unspecified atom stereocenters. The number of aliphatic hydroxyl groups excluding tert-OH is 1. The highest BCUT2D eigenvalue weighted by molar-refractivity contribution is 5.95. The largest absolute Gasteiger partial charge is 0.508 e. The number of phenols is 1. The number of aromatic nitrogens is 1. The van der Waals surface area contributed by atoms with Gasteiger partial charge in [-0.05, 0) is 36.2 Å². The molecule has 12 nitrogen and oxygen atoms in total. The van der Waals surface area contributed by atoms with Crippen molar-refractivity contribution in [1.82, 2.24) is 20.9 Å². The number of aliphatic hydroxyl groups is 1. The van der Waals surface area contributed by atoms with Crippen LogP contribution >= 0.6 is 0 Å². The molecule has 0 spiro atoms. The van der Waals surface area contributed by atoms with Crippen LogP contribution in [0.1, 0.15) is 18.1 Å². The fraction of sp³-hybridized carbons (Fsp3) is 0.308. The van der Waals surface area contributed by atoms with E-state index in [0.717, 1.165) is 16.5 Å². The van der Waals surface area contributed by atoms with Gasteiger partial charge in [-0.15, -0.1) is 0 Å². The van der Waals surface area contributed by atoms with Gasteiger partial charge in [0.15, 0.2) is 0 Å². The van der Waals surface area contributed by atoms with Gasteiger partial charge >= 0.3 is 5.97 Å². The lowest BCUT2D eigenvalue weighted by Crippen LogP contribution is -2.58. The second-order valence-corrected chi connectivity index (χ2v) is 8.91. The molecule has 0 saturated heterocycles. The van der Waals surface area contributed by atoms with Gasteiger partial charge in [0.1, 0.15) is 29.9 Å². The van der Waals surface area contributed by atoms with Gasteiger partial charge in [0.05, 0.1) is 6.61 Å². The molecule has 2 aromatic carbocycles. The smallest absolute Gasteiger partial charge is 0.325 e. The van der Waals surface area contributed by atoms with Crippen LogP contribution in [0.5, 0.6) is 5.75 Å². The summed E-state index contributed by atoms with van der Waals surface area (Å²) in [6.07, 6.45) is 1.73. The number of nitrogens with two attached hydrogens (primary N) is 1. The molecule has 0 fully saturated rings. The average molecular weight is 526 g/mol. The first-order chi connectivity index (χ1) is 18.1. The number of amides is 3. The minimum absolute atomic E-state index is 0.0139. The summed E-state index contributed by atoms with van der Waals surface area (Å²) in [5.41, 5.74) is 7.77. The Morgan fingerprint density at radius 1 is 0.895 bits per heavy atom. The lowest BCUT2D eigenvalue weighted by Gasteiger charge is -2.24. The predicted octanol–water partition coefficient (Wildman–Crippen LogP) is -0.463. The van der Waals surface area contributed by atoms with Crippen molar-refractivity contribution in [2.75, 3.05) is 6.61 Å². The molecule has 0 bridgehead atoms. The van der Waals surface area contributed by atoms with E-state index in [2.05, 4.69) is 20.9 Å². The van der Waals surface area contributed by atoms with Gasteiger partial charge in [0, 0.05) is 29.9 Å². The third-order valence-electron chi connectivity index (χ3n) is 6.00. The normalized spacial score (nSPS) is 14.2. The van der Waals surface area contributed by atoms with Crippen molar-refractivity contribution in [2.24, 2.45) is 5.73 Å². The molecule has 0 saturated carbocycles. The van der Waals surface area contributed by atoms with Crippen molar-refractivity contribution < 1.29 is 34.5 Å². The van der Waals surface area contributed by atoms with E-state index in [-0.39, 0.29) is 18.6 Å². The Hall–Kier alpha value is -4.42. The first kappa shape index (κ1) is 28.2. The van der Waals surface area contributed by atoms with E-state index >= 15 is 0 Å². The van der Waals surface area contributed by atoms with Crippen molar-refractivity contribution in [3.8, 4) is 5.75 Å². The topological polar surface area (TPSA) is 207 Å². The number of para-hydroxylation sites is 1. The second kappa shape index (κ2) is 12.7. The summed E-state index contributed by atoms with van der Waals surface area (Å²) >= 11 is 0. The van der Waals surface area contributed by atoms with Crippen LogP contribution in [-0.4, -0.2) is 74.8 Å². The van der Waals surface area contributed by atoms with Gasteiger partial charge in [0.25, 0.3) is 0 Å². The van der Waals surface area contributed by atoms with Crippen LogP contribution in [-0.2, 0) is 32.0 Å². The van der Waals surface area contributed by atoms with Gasteiger partial charge in [-0.1, -0.05) is 30.3 Å². The molecule has 1 heterocycles. The maximum atomic E-state index is 13.5. The molecule has 3 rings (SSSR count). The lowest BCUT2D eigenvalue weighted by atomic mass is 10.0. The predicted molar refractivity (Wildman–Crippen MR) is 138 cm³/mol. The maximum Gasteiger partial charge on any atom is 0.325 e. The fourth-order valence-corrected chi connectivity index (χ4v) is 3.82. The number of nitrogens with one attached hydrogen (secondary N) is 4. The number of benzene rings is 2. The highest BCUT2D eigenvalue weighted by Crippen LogP contribution is 2.19. The van der Waals surface area contributed by atoms with Crippen LogP contribution in [0.25, 0.3) is 10.9 Å². The number of carboxylic acid groups (broad SMARTS) is 1. The van der Waals surface area contributed by atoms with Crippen LogP contribution in [0.3, 0.4) is 0 Å². The van der Waals surface area contributed by atoms with Crippen molar-refractivity contribution >= 4 is 34.6 Å². The zero-order valence-corrected chi connectivity index (χ0v) is 20.7. The number of aromatic amines is 1. The number of aliphatic carboxylic acids is 1. The Labute approximate surface area is 218 Å². The van der Waals surface area contributed by atoms with Gasteiger partial charge in [-0.2, -0.15) is 0 Å². The molecule has 12 heteroatoms. The lowest BCUT2D eigenvalue weighted by molar-refractivity contribution is -0.141. The quantitative estimate of drug-likeness (QED) is 0.155. The second-order valence-electron chi connectivity index (χ2n) is 8.91. The molecular weight excluding hydrogens is 494 g/mol. The highest BCUT2D eigenvalue weighted by atomic mass is 16.4. The molecule has 0 aliphatic heterocycles. The van der Waals surface area contributed by atoms with E-state index in [1.54, 1.807) is 18.3 Å². The van der Waals surface area contributed by atoms with E-state index in [9.17, 15) is 34.5 Å². The van der Waals surface area contributed by atoms with Crippen molar-refractivity contribution in [3.63, 3.8) is 0 Å². The Bertz CT molecular complexity index is 1290. The monoisotopic (exact) mass is 525 g/mol. The number of hydrogen-bond acceptors (Lipinski definition) is 7. The molecule has 38 heavy (non-hydrogen) atoms. The van der Waals surface area contributed by atoms with E-state index < -0.39 is 54.5 Å². The summed E-state index contributed by atoms with van der Waals surface area (Å²) in [6, 6.07) is 8.49. The molecule has 1 aromatic heterocycles. The highest BCUT2D eigenvalue weighted by Gasteiger charge is 2.30. The molecule has 0 radical (unpaired) electrons. The third kappa shape index (κ3) is 7.31. The Morgan fingerprint density at radius 3 is 2.16 bits per heavy atom. The number of H-pyrrole nitrogens is 1. The van der Waals surface area contributed by atoms with Gasteiger partial charge in [-0.25, -0.2) is 0 Å². The Balaban J connectivity index is 1.87. The van der Waals surface area contributed by atoms with Gasteiger partial charge in [0.2, 0.25) is 17.7 Å². The minimum atomic E-state index is -1.26. The molecule has 3 amide bonds. The zero-order chi connectivity index (χ0) is 27.8. The first-order valence-electron chi connectivity index (χ1n) is 11.9. The first-order valence-corrected chi connectivity index (χ1v) is 11.9. The van der Waals surface area contributed by atoms with Crippen molar-refractivity contribution in [3.05, 3.63) is 65.9 Å². The molecule has 0 aliphatic rings. The minimum Gasteiger partial charge on any atom is -0.508 e. The van der Waals surface area contributed by atoms with Crippen LogP contribution in [0.15, 0.2) is 54.7 Å². The Kier molecular flexibility index (Phi) is 9.41.